The van der Waals surface area contributed by atoms with Crippen molar-refractivity contribution in [3.05, 3.63) is 100 Å². The van der Waals surface area contributed by atoms with Gasteiger partial charge in [0.05, 0.1) is 6.29 Å². The molecule has 2 aromatic carbocycles. The zero-order valence-corrected chi connectivity index (χ0v) is 33.2. The molecule has 1 fully saturated rings. The molecule has 0 bridgehead atoms. The van der Waals surface area contributed by atoms with Crippen LogP contribution in [0.15, 0.2) is 66.9 Å². The Kier molecular flexibility index (Phi) is 18.2. The van der Waals surface area contributed by atoms with E-state index in [1.807, 2.05) is 44.2 Å². The summed E-state index contributed by atoms with van der Waals surface area (Å²) in [5, 5.41) is 0.363. The van der Waals surface area contributed by atoms with Crippen LogP contribution in [-0.4, -0.2) is 42.3 Å². The predicted octanol–water partition coefficient (Wildman–Crippen LogP) is 9.66. The number of hydrogen-bond donors (Lipinski definition) is 0. The molecule has 4 rings (SSSR count). The molecule has 1 atom stereocenters. The van der Waals surface area contributed by atoms with E-state index < -0.39 is 0 Å². The van der Waals surface area contributed by atoms with Gasteiger partial charge in [-0.1, -0.05) is 82.8 Å². The molecular weight excluding hydrogens is 823 g/mol. The number of likely N-dealkylation sites (tertiary alicyclic amines) is 1. The molecule has 3 aromatic rings. The maximum absolute atomic E-state index is 14.2. The van der Waals surface area contributed by atoms with E-state index in [2.05, 4.69) is 49.5 Å². The van der Waals surface area contributed by atoms with Crippen LogP contribution in [0.1, 0.15) is 94.5 Å². The summed E-state index contributed by atoms with van der Waals surface area (Å²) in [6, 6.07) is 16.2. The summed E-state index contributed by atoms with van der Waals surface area (Å²) >= 11 is 5.86. The van der Waals surface area contributed by atoms with Crippen LogP contribution in [0.4, 0.5) is 10.1 Å². The van der Waals surface area contributed by atoms with Gasteiger partial charge in [0.25, 0.3) is 0 Å². The fourth-order valence-electron chi connectivity index (χ4n) is 5.72. The molecule has 0 N–H and O–H groups in total. The van der Waals surface area contributed by atoms with E-state index in [1.54, 1.807) is 12.1 Å². The van der Waals surface area contributed by atoms with Crippen LogP contribution >= 0.6 is 11.6 Å². The summed E-state index contributed by atoms with van der Waals surface area (Å²) in [6.07, 6.45) is 8.78. The van der Waals surface area contributed by atoms with Crippen molar-refractivity contribution in [3.63, 3.8) is 0 Å². The van der Waals surface area contributed by atoms with Crippen LogP contribution in [0, 0.1) is 49.8 Å². The van der Waals surface area contributed by atoms with Crippen LogP contribution in [-0.2, 0) is 11.4 Å². The third-order valence-corrected chi connectivity index (χ3v) is 8.68. The van der Waals surface area contributed by atoms with Gasteiger partial charge in [0.15, 0.2) is 0 Å². The Balaban J connectivity index is 0.00000241. The van der Waals surface area contributed by atoms with Crippen molar-refractivity contribution >= 4 is 23.6 Å². The van der Waals surface area contributed by atoms with Gasteiger partial charge in [-0.2, -0.15) is 6.07 Å². The van der Waals surface area contributed by atoms with Gasteiger partial charge in [0, 0.05) is 78.2 Å². The van der Waals surface area contributed by atoms with Gasteiger partial charge in [0.2, 0.25) is 5.88 Å². The molecule has 1 unspecified atom stereocenters. The zero-order valence-electron chi connectivity index (χ0n) is 28.3. The van der Waals surface area contributed by atoms with E-state index in [1.165, 1.54) is 25.3 Å². The quantitative estimate of drug-likeness (QED) is 0.143. The normalized spacial score (nSPS) is 14.0. The van der Waals surface area contributed by atoms with Gasteiger partial charge in [-0.3, -0.25) is 4.90 Å². The number of pyridine rings is 1. The van der Waals surface area contributed by atoms with Crippen molar-refractivity contribution in [3.8, 4) is 5.88 Å². The topological polar surface area (TPSA) is 45.7 Å². The van der Waals surface area contributed by atoms with Gasteiger partial charge < -0.3 is 14.4 Å². The second-order valence-electron chi connectivity index (χ2n) is 11.8. The first-order chi connectivity index (χ1) is 21.8. The average molecular weight is 873 g/mol. The van der Waals surface area contributed by atoms with Crippen molar-refractivity contribution in [1.82, 2.24) is 9.88 Å². The summed E-state index contributed by atoms with van der Waals surface area (Å²) in [6.45, 7) is 18.8. The first-order valence-corrected chi connectivity index (χ1v) is 16.8. The molecule has 0 radical (unpaired) electrons. The van der Waals surface area contributed by atoms with E-state index in [-0.39, 0.29) is 43.5 Å². The van der Waals surface area contributed by atoms with Gasteiger partial charge >= 0.3 is 0 Å². The van der Waals surface area contributed by atoms with Crippen LogP contribution in [0.25, 0.3) is 0 Å². The van der Waals surface area contributed by atoms with Gasteiger partial charge in [-0.25, -0.2) is 9.37 Å². The molecule has 0 saturated carbocycles. The average Bonchev–Trinajstić information content (AvgIpc) is 3.05. The number of hydrogen-bond acceptors (Lipinski definition) is 5. The standard InChI is InChI=1S/C36H44ClFN3O2.C2H6.U/c1-5-6-8-26(2)15-20-41(35-21-29(24-42)12-11-27(35)3)28(4)23-40-18-16-30(17-19-40)34-9-7-10-36(39-34)43-25-31-13-14-32(37)22-33(31)38;1-2;/h7,9-14,21-22,26,30H,4-6,8,15-20,23,25H2,1-3H3;1-2H3;/q-1;;. The molecule has 0 amide bonds. The van der Waals surface area contributed by atoms with E-state index in [9.17, 15) is 9.18 Å². The molecule has 1 aromatic heterocycles. The summed E-state index contributed by atoms with van der Waals surface area (Å²) in [7, 11) is 0. The van der Waals surface area contributed by atoms with Crippen molar-refractivity contribution in [1.29, 1.82) is 0 Å². The molecule has 0 aliphatic carbocycles. The molecule has 8 heteroatoms. The van der Waals surface area contributed by atoms with Gasteiger partial charge in [-0.15, -0.1) is 17.7 Å². The van der Waals surface area contributed by atoms with Crippen molar-refractivity contribution in [2.24, 2.45) is 5.92 Å². The van der Waals surface area contributed by atoms with Crippen molar-refractivity contribution in [2.45, 2.75) is 85.7 Å². The number of benzene rings is 2. The Labute approximate surface area is 305 Å². The Bertz CT molecular complexity index is 1380. The second kappa shape index (κ2) is 20.9. The summed E-state index contributed by atoms with van der Waals surface area (Å²) in [5.41, 5.74) is 5.24. The minimum atomic E-state index is -0.382. The summed E-state index contributed by atoms with van der Waals surface area (Å²) < 4.78 is 20.0. The van der Waals surface area contributed by atoms with Crippen molar-refractivity contribution < 1.29 is 45.0 Å². The molecule has 1 saturated heterocycles. The molecular formula is C38H50ClFN3O2U-. The smallest absolute Gasteiger partial charge is 0.213 e. The minimum absolute atomic E-state index is 0. The Hall–Kier alpha value is -2.17. The number of carbonyl (C=O) groups excluding carboxylic acids is 1. The minimum Gasteiger partial charge on any atom is -0.473 e. The van der Waals surface area contributed by atoms with E-state index in [4.69, 9.17) is 21.3 Å². The summed E-state index contributed by atoms with van der Waals surface area (Å²) in [5.74, 6) is 1.08. The number of aryl methyl sites for hydroxylation is 1. The molecule has 46 heavy (non-hydrogen) atoms. The third kappa shape index (κ3) is 12.1. The molecule has 0 spiro atoms. The Morgan fingerprint density at radius 1 is 1.15 bits per heavy atom. The number of ether oxygens (including phenoxy) is 1. The van der Waals surface area contributed by atoms with Crippen LogP contribution in [0.2, 0.25) is 5.02 Å². The Morgan fingerprint density at radius 3 is 2.57 bits per heavy atom. The number of aromatic nitrogens is 1. The van der Waals surface area contributed by atoms with Gasteiger partial charge in [-0.05, 0) is 69.1 Å². The maximum atomic E-state index is 14.2. The van der Waals surface area contributed by atoms with Crippen LogP contribution in [0.3, 0.4) is 0 Å². The maximum Gasteiger partial charge on any atom is 0.213 e. The first kappa shape index (κ1) is 40.0. The number of anilines is 1. The van der Waals surface area contributed by atoms with Crippen LogP contribution in [0.5, 0.6) is 5.88 Å². The monoisotopic (exact) mass is 872 g/mol. The van der Waals surface area contributed by atoms with Crippen molar-refractivity contribution in [2.75, 3.05) is 31.1 Å². The number of piperidine rings is 1. The number of nitrogens with zero attached hydrogens (tertiary/aromatic N) is 3. The largest absolute Gasteiger partial charge is 0.473 e. The van der Waals surface area contributed by atoms with Crippen LogP contribution < -0.4 is 9.64 Å². The number of unbranched alkanes of at least 4 members (excludes halogenated alkanes) is 1. The Morgan fingerprint density at radius 2 is 1.89 bits per heavy atom. The zero-order chi connectivity index (χ0) is 32.8. The third-order valence-electron chi connectivity index (χ3n) is 8.44. The fraction of sp³-hybridized carbons (Fsp3) is 0.474. The number of rotatable bonds is 15. The molecule has 1 aliphatic rings. The summed E-state index contributed by atoms with van der Waals surface area (Å²) in [4.78, 5) is 21.0. The predicted molar refractivity (Wildman–Crippen MR) is 186 cm³/mol. The number of halogens is 2. The SMILES string of the molecule is C=C(CN1CCC(c2cccc(OCc3ccc(Cl)cc3F)n2)CC1)N(CCC(C)CCCC)c1cc([C-]=O)ccc1C.CC.[U]. The van der Waals surface area contributed by atoms with E-state index in [0.717, 1.165) is 68.1 Å². The molecule has 248 valence electrons. The first-order valence-electron chi connectivity index (χ1n) is 16.5. The second-order valence-corrected chi connectivity index (χ2v) is 12.3. The fourth-order valence-corrected chi connectivity index (χ4v) is 5.88. The molecule has 2 heterocycles. The molecule has 5 nitrogen and oxygen atoms in total. The van der Waals surface area contributed by atoms with E-state index in [0.29, 0.717) is 33.9 Å². The van der Waals surface area contributed by atoms with E-state index >= 15 is 0 Å². The van der Waals surface area contributed by atoms with Gasteiger partial charge in [0.1, 0.15) is 12.4 Å². The molecule has 1 aliphatic heterocycles.